The van der Waals surface area contributed by atoms with Gasteiger partial charge in [0, 0.05) is 12.1 Å². The van der Waals surface area contributed by atoms with E-state index in [0.717, 1.165) is 5.56 Å². The maximum absolute atomic E-state index is 11.9. The summed E-state index contributed by atoms with van der Waals surface area (Å²) in [5.74, 6) is -0.701. The molecule has 0 aliphatic carbocycles. The van der Waals surface area contributed by atoms with Gasteiger partial charge in [-0.1, -0.05) is 23.7 Å². The maximum atomic E-state index is 11.9. The highest BCUT2D eigenvalue weighted by molar-refractivity contribution is 6.30. The highest BCUT2D eigenvalue weighted by atomic mass is 35.5. The average molecular weight is 377 g/mol. The Morgan fingerprint density at radius 2 is 1.65 bits per heavy atom. The van der Waals surface area contributed by atoms with Gasteiger partial charge in [-0.2, -0.15) is 0 Å². The molecule has 136 valence electrons. The zero-order valence-corrected chi connectivity index (χ0v) is 14.7. The van der Waals surface area contributed by atoms with Gasteiger partial charge in [0.15, 0.2) is 6.61 Å². The SMILES string of the molecule is CNC(=O)NC(=O)COC(=O)c1ccc(COc2ccc(Cl)cc2)cc1. The lowest BCUT2D eigenvalue weighted by Gasteiger charge is -2.08. The van der Waals surface area contributed by atoms with Gasteiger partial charge in [-0.05, 0) is 42.0 Å². The van der Waals surface area contributed by atoms with Crippen LogP contribution in [0.2, 0.25) is 5.02 Å². The summed E-state index contributed by atoms with van der Waals surface area (Å²) in [6.45, 7) is -0.223. The molecule has 2 aromatic rings. The number of urea groups is 1. The van der Waals surface area contributed by atoms with Crippen molar-refractivity contribution in [3.63, 3.8) is 0 Å². The van der Waals surface area contributed by atoms with Gasteiger partial charge in [0.1, 0.15) is 12.4 Å². The van der Waals surface area contributed by atoms with Crippen molar-refractivity contribution in [2.45, 2.75) is 6.61 Å². The molecule has 0 fully saturated rings. The van der Waals surface area contributed by atoms with Crippen LogP contribution < -0.4 is 15.4 Å². The third-order valence-electron chi connectivity index (χ3n) is 3.22. The van der Waals surface area contributed by atoms with E-state index >= 15 is 0 Å². The number of halogens is 1. The maximum Gasteiger partial charge on any atom is 0.338 e. The first-order chi connectivity index (χ1) is 12.5. The molecular weight excluding hydrogens is 360 g/mol. The zero-order valence-electron chi connectivity index (χ0n) is 14.0. The molecule has 3 amide bonds. The number of rotatable bonds is 6. The van der Waals surface area contributed by atoms with Crippen molar-refractivity contribution in [1.82, 2.24) is 10.6 Å². The molecular formula is C18H17ClN2O5. The second kappa shape index (κ2) is 9.43. The summed E-state index contributed by atoms with van der Waals surface area (Å²) in [7, 11) is 1.37. The molecule has 2 N–H and O–H groups in total. The second-order valence-electron chi connectivity index (χ2n) is 5.14. The lowest BCUT2D eigenvalue weighted by atomic mass is 10.1. The van der Waals surface area contributed by atoms with Crippen LogP contribution in [0.5, 0.6) is 5.75 Å². The summed E-state index contributed by atoms with van der Waals surface area (Å²) in [5.41, 5.74) is 1.14. The van der Waals surface area contributed by atoms with Crippen LogP contribution in [0.25, 0.3) is 0 Å². The first-order valence-corrected chi connectivity index (χ1v) is 8.01. The molecule has 0 bridgehead atoms. The number of esters is 1. The van der Waals surface area contributed by atoms with E-state index in [4.69, 9.17) is 21.1 Å². The number of hydrogen-bond donors (Lipinski definition) is 2. The Bertz CT molecular complexity index is 775. The Morgan fingerprint density at radius 3 is 2.27 bits per heavy atom. The Balaban J connectivity index is 1.82. The summed E-state index contributed by atoms with van der Waals surface area (Å²) >= 11 is 5.81. The normalized spacial score (nSPS) is 9.92. The number of benzene rings is 2. The summed E-state index contributed by atoms with van der Waals surface area (Å²) < 4.78 is 10.4. The number of ether oxygens (including phenoxy) is 2. The Morgan fingerprint density at radius 1 is 1.00 bits per heavy atom. The van der Waals surface area contributed by atoms with E-state index in [9.17, 15) is 14.4 Å². The highest BCUT2D eigenvalue weighted by Gasteiger charge is 2.11. The Hall–Kier alpha value is -3.06. The molecule has 0 aromatic heterocycles. The molecule has 0 saturated carbocycles. The summed E-state index contributed by atoms with van der Waals surface area (Å²) in [6, 6.07) is 12.9. The average Bonchev–Trinajstić information content (AvgIpc) is 2.66. The van der Waals surface area contributed by atoms with E-state index in [1.807, 2.05) is 5.32 Å². The molecule has 7 nitrogen and oxygen atoms in total. The number of carbonyl (C=O) groups is 3. The van der Waals surface area contributed by atoms with Gasteiger partial charge in [-0.15, -0.1) is 0 Å². The van der Waals surface area contributed by atoms with Gasteiger partial charge in [-0.25, -0.2) is 9.59 Å². The predicted molar refractivity (Wildman–Crippen MR) is 95.1 cm³/mol. The molecule has 0 aliphatic heterocycles. The van der Waals surface area contributed by atoms with Gasteiger partial charge >= 0.3 is 12.0 Å². The molecule has 0 heterocycles. The van der Waals surface area contributed by atoms with Crippen LogP contribution in [0.4, 0.5) is 4.79 Å². The standard InChI is InChI=1S/C18H17ClN2O5/c1-20-18(24)21-16(22)11-26-17(23)13-4-2-12(3-5-13)10-25-15-8-6-14(19)7-9-15/h2-9H,10-11H2,1H3,(H2,20,21,22,24). The summed E-state index contributed by atoms with van der Waals surface area (Å²) in [6.07, 6.45) is 0. The van der Waals surface area contributed by atoms with Gasteiger partial charge in [0.2, 0.25) is 0 Å². The minimum absolute atomic E-state index is 0.285. The molecule has 0 unspecified atom stereocenters. The van der Waals surface area contributed by atoms with E-state index in [0.29, 0.717) is 17.4 Å². The zero-order chi connectivity index (χ0) is 18.9. The van der Waals surface area contributed by atoms with Crippen LogP contribution in [0.3, 0.4) is 0 Å². The summed E-state index contributed by atoms with van der Waals surface area (Å²) in [5, 5.41) is 4.84. The molecule has 0 atom stereocenters. The topological polar surface area (TPSA) is 93.7 Å². The molecule has 0 saturated heterocycles. The molecule has 0 spiro atoms. The largest absolute Gasteiger partial charge is 0.489 e. The number of nitrogens with one attached hydrogen (secondary N) is 2. The first-order valence-electron chi connectivity index (χ1n) is 7.64. The van der Waals surface area contributed by atoms with Crippen molar-refractivity contribution in [2.75, 3.05) is 13.7 Å². The van der Waals surface area contributed by atoms with Crippen LogP contribution in [-0.4, -0.2) is 31.6 Å². The Labute approximate surface area is 155 Å². The molecule has 26 heavy (non-hydrogen) atoms. The van der Waals surface area contributed by atoms with Crippen LogP contribution in [0.1, 0.15) is 15.9 Å². The predicted octanol–water partition coefficient (Wildman–Crippen LogP) is 2.53. The molecule has 2 aromatic carbocycles. The third kappa shape index (κ3) is 6.10. The molecule has 2 rings (SSSR count). The van der Waals surface area contributed by atoms with E-state index in [2.05, 4.69) is 5.32 Å². The molecule has 0 radical (unpaired) electrons. The number of carbonyl (C=O) groups excluding carboxylic acids is 3. The fourth-order valence-corrected chi connectivity index (χ4v) is 2.00. The summed E-state index contributed by atoms with van der Waals surface area (Å²) in [4.78, 5) is 34.2. The number of amides is 3. The monoisotopic (exact) mass is 376 g/mol. The fraction of sp³-hybridized carbons (Fsp3) is 0.167. The van der Waals surface area contributed by atoms with Crippen molar-refractivity contribution < 1.29 is 23.9 Å². The smallest absolute Gasteiger partial charge is 0.338 e. The fourth-order valence-electron chi connectivity index (χ4n) is 1.87. The minimum Gasteiger partial charge on any atom is -0.489 e. The quantitative estimate of drug-likeness (QED) is 0.755. The lowest BCUT2D eigenvalue weighted by molar-refractivity contribution is -0.123. The number of imide groups is 1. The first kappa shape index (κ1) is 19.3. The minimum atomic E-state index is -0.717. The van der Waals surface area contributed by atoms with E-state index in [1.54, 1.807) is 48.5 Å². The van der Waals surface area contributed by atoms with Gasteiger partial charge < -0.3 is 14.8 Å². The van der Waals surface area contributed by atoms with Gasteiger partial charge in [0.25, 0.3) is 5.91 Å². The van der Waals surface area contributed by atoms with E-state index in [1.165, 1.54) is 7.05 Å². The van der Waals surface area contributed by atoms with Crippen molar-refractivity contribution in [3.05, 3.63) is 64.7 Å². The van der Waals surface area contributed by atoms with Crippen LogP contribution in [0.15, 0.2) is 48.5 Å². The van der Waals surface area contributed by atoms with Crippen molar-refractivity contribution in [2.24, 2.45) is 0 Å². The van der Waals surface area contributed by atoms with Gasteiger partial charge in [-0.3, -0.25) is 10.1 Å². The third-order valence-corrected chi connectivity index (χ3v) is 3.48. The highest BCUT2D eigenvalue weighted by Crippen LogP contribution is 2.17. The van der Waals surface area contributed by atoms with Crippen molar-refractivity contribution in [3.8, 4) is 5.75 Å². The van der Waals surface area contributed by atoms with Crippen LogP contribution in [0, 0.1) is 0 Å². The second-order valence-corrected chi connectivity index (χ2v) is 5.58. The number of hydrogen-bond acceptors (Lipinski definition) is 5. The van der Waals surface area contributed by atoms with Gasteiger partial charge in [0.05, 0.1) is 5.56 Å². The van der Waals surface area contributed by atoms with Crippen LogP contribution >= 0.6 is 11.6 Å². The van der Waals surface area contributed by atoms with E-state index < -0.39 is 24.5 Å². The van der Waals surface area contributed by atoms with Crippen molar-refractivity contribution in [1.29, 1.82) is 0 Å². The molecule has 8 heteroatoms. The van der Waals surface area contributed by atoms with E-state index in [-0.39, 0.29) is 5.56 Å². The Kier molecular flexibility index (Phi) is 6.99. The van der Waals surface area contributed by atoms with Crippen LogP contribution in [-0.2, 0) is 16.1 Å². The molecule has 0 aliphatic rings. The van der Waals surface area contributed by atoms with Crippen molar-refractivity contribution >= 4 is 29.5 Å². The lowest BCUT2D eigenvalue weighted by Crippen LogP contribution is -2.39.